The van der Waals surface area contributed by atoms with E-state index in [4.69, 9.17) is 15.2 Å². The van der Waals surface area contributed by atoms with Gasteiger partial charge in [-0.25, -0.2) is 0 Å². The van der Waals surface area contributed by atoms with Gasteiger partial charge in [-0.15, -0.1) is 0 Å². The quantitative estimate of drug-likeness (QED) is 0.802. The molecule has 0 radical (unpaired) electrons. The first-order valence-electron chi connectivity index (χ1n) is 5.63. The van der Waals surface area contributed by atoms with E-state index < -0.39 is 0 Å². The summed E-state index contributed by atoms with van der Waals surface area (Å²) in [6, 6.07) is 8.10. The molecular formula is C13H21NO2. The van der Waals surface area contributed by atoms with E-state index in [9.17, 15) is 0 Å². The monoisotopic (exact) mass is 223 g/mol. The van der Waals surface area contributed by atoms with Crippen LogP contribution in [-0.4, -0.2) is 25.9 Å². The third kappa shape index (κ3) is 4.21. The Bertz CT molecular complexity index is 295. The van der Waals surface area contributed by atoms with Crippen LogP contribution in [-0.2, 0) is 11.2 Å². The highest BCUT2D eigenvalue weighted by molar-refractivity contribution is 5.27. The lowest BCUT2D eigenvalue weighted by Gasteiger charge is -2.18. The third-order valence-electron chi connectivity index (χ3n) is 2.58. The molecule has 0 aromatic heterocycles. The van der Waals surface area contributed by atoms with Crippen LogP contribution in [0, 0.1) is 0 Å². The third-order valence-corrected chi connectivity index (χ3v) is 2.58. The van der Waals surface area contributed by atoms with Gasteiger partial charge in [0.05, 0.1) is 6.61 Å². The summed E-state index contributed by atoms with van der Waals surface area (Å²) in [4.78, 5) is 0. The van der Waals surface area contributed by atoms with E-state index >= 15 is 0 Å². The summed E-state index contributed by atoms with van der Waals surface area (Å²) in [5.74, 6) is 0.867. The lowest BCUT2D eigenvalue weighted by molar-refractivity contribution is 0.196. The molecular weight excluding hydrogens is 202 g/mol. The Kier molecular flexibility index (Phi) is 5.29. The molecule has 90 valence electrons. The predicted molar refractivity (Wildman–Crippen MR) is 65.8 cm³/mol. The van der Waals surface area contributed by atoms with Crippen molar-refractivity contribution in [2.45, 2.75) is 32.4 Å². The van der Waals surface area contributed by atoms with Crippen molar-refractivity contribution >= 4 is 0 Å². The average Bonchev–Trinajstić information content (AvgIpc) is 2.28. The normalized spacial score (nSPS) is 14.5. The smallest absolute Gasteiger partial charge is 0.119 e. The predicted octanol–water partition coefficient (Wildman–Crippen LogP) is 1.99. The summed E-state index contributed by atoms with van der Waals surface area (Å²) in [7, 11) is 1.71. The minimum Gasteiger partial charge on any atom is -0.489 e. The van der Waals surface area contributed by atoms with Crippen molar-refractivity contribution in [2.75, 3.05) is 13.7 Å². The molecule has 0 saturated heterocycles. The summed E-state index contributed by atoms with van der Waals surface area (Å²) in [5.41, 5.74) is 6.99. The Labute approximate surface area is 97.6 Å². The molecule has 1 aromatic carbocycles. The minimum atomic E-state index is 0.0322. The van der Waals surface area contributed by atoms with Crippen molar-refractivity contribution < 1.29 is 9.47 Å². The number of ether oxygens (including phenoxy) is 2. The summed E-state index contributed by atoms with van der Waals surface area (Å²) in [6.45, 7) is 4.66. The van der Waals surface area contributed by atoms with E-state index in [2.05, 4.69) is 12.1 Å². The fourth-order valence-corrected chi connectivity index (χ4v) is 1.28. The van der Waals surface area contributed by atoms with Crippen LogP contribution in [0.4, 0.5) is 0 Å². The zero-order valence-corrected chi connectivity index (χ0v) is 10.3. The fraction of sp³-hybridized carbons (Fsp3) is 0.538. The number of nitrogens with two attached hydrogens (primary N) is 1. The van der Waals surface area contributed by atoms with Gasteiger partial charge >= 0.3 is 0 Å². The number of rotatable bonds is 6. The number of hydrogen-bond acceptors (Lipinski definition) is 3. The Morgan fingerprint density at radius 1 is 1.19 bits per heavy atom. The van der Waals surface area contributed by atoms with Crippen LogP contribution in [0.25, 0.3) is 0 Å². The molecule has 2 atom stereocenters. The lowest BCUT2D eigenvalue weighted by atomic mass is 10.1. The van der Waals surface area contributed by atoms with Crippen molar-refractivity contribution in [3.8, 4) is 5.75 Å². The Balaban J connectivity index is 2.51. The van der Waals surface area contributed by atoms with E-state index in [0.29, 0.717) is 0 Å². The molecule has 16 heavy (non-hydrogen) atoms. The van der Waals surface area contributed by atoms with Crippen LogP contribution in [0.2, 0.25) is 0 Å². The second kappa shape index (κ2) is 6.51. The number of methoxy groups -OCH3 is 1. The first-order chi connectivity index (χ1) is 7.63. The molecule has 0 aliphatic carbocycles. The van der Waals surface area contributed by atoms with E-state index in [1.54, 1.807) is 7.11 Å². The van der Waals surface area contributed by atoms with Gasteiger partial charge in [-0.3, -0.25) is 0 Å². The van der Waals surface area contributed by atoms with Gasteiger partial charge < -0.3 is 15.2 Å². The van der Waals surface area contributed by atoms with Crippen LogP contribution >= 0.6 is 0 Å². The van der Waals surface area contributed by atoms with Gasteiger partial charge in [0, 0.05) is 13.2 Å². The van der Waals surface area contributed by atoms with Gasteiger partial charge in [0.25, 0.3) is 0 Å². The van der Waals surface area contributed by atoms with E-state index in [1.807, 2.05) is 26.0 Å². The zero-order chi connectivity index (χ0) is 12.0. The molecule has 1 rings (SSSR count). The van der Waals surface area contributed by atoms with E-state index in [0.717, 1.165) is 18.8 Å². The first-order valence-corrected chi connectivity index (χ1v) is 5.63. The van der Waals surface area contributed by atoms with Crippen LogP contribution in [0.1, 0.15) is 19.4 Å². The standard InChI is InChI=1S/C13H21NO2/c1-10(14)11(2)16-13-6-4-12(5-7-13)8-9-15-3/h4-7,10-11H,8-9,14H2,1-3H3. The highest BCUT2D eigenvalue weighted by Crippen LogP contribution is 2.15. The van der Waals surface area contributed by atoms with Crippen molar-refractivity contribution in [2.24, 2.45) is 5.73 Å². The average molecular weight is 223 g/mol. The van der Waals surface area contributed by atoms with Gasteiger partial charge in [-0.1, -0.05) is 12.1 Å². The summed E-state index contributed by atoms with van der Waals surface area (Å²) >= 11 is 0. The molecule has 3 heteroatoms. The van der Waals surface area contributed by atoms with Gasteiger partial charge in [0.2, 0.25) is 0 Å². The molecule has 0 spiro atoms. The Morgan fingerprint density at radius 2 is 1.81 bits per heavy atom. The van der Waals surface area contributed by atoms with Crippen molar-refractivity contribution in [1.82, 2.24) is 0 Å². The topological polar surface area (TPSA) is 44.5 Å². The number of benzene rings is 1. The molecule has 0 aliphatic heterocycles. The van der Waals surface area contributed by atoms with Crippen LogP contribution in [0.5, 0.6) is 5.75 Å². The molecule has 0 amide bonds. The second-order valence-corrected chi connectivity index (χ2v) is 4.07. The summed E-state index contributed by atoms with van der Waals surface area (Å²) in [5, 5.41) is 0. The molecule has 0 fully saturated rings. The SMILES string of the molecule is COCCc1ccc(OC(C)C(C)N)cc1. The van der Waals surface area contributed by atoms with Gasteiger partial charge in [0.15, 0.2) is 0 Å². The van der Waals surface area contributed by atoms with Crippen molar-refractivity contribution in [1.29, 1.82) is 0 Å². The fourth-order valence-electron chi connectivity index (χ4n) is 1.28. The van der Waals surface area contributed by atoms with Crippen molar-refractivity contribution in [3.05, 3.63) is 29.8 Å². The minimum absolute atomic E-state index is 0.0322. The molecule has 0 bridgehead atoms. The van der Waals surface area contributed by atoms with Crippen LogP contribution in [0.3, 0.4) is 0 Å². The maximum atomic E-state index is 5.74. The number of hydrogen-bond donors (Lipinski definition) is 1. The molecule has 0 aliphatic rings. The molecule has 0 heterocycles. The maximum absolute atomic E-state index is 5.74. The van der Waals surface area contributed by atoms with Gasteiger partial charge in [-0.2, -0.15) is 0 Å². The zero-order valence-electron chi connectivity index (χ0n) is 10.3. The van der Waals surface area contributed by atoms with Crippen molar-refractivity contribution in [3.63, 3.8) is 0 Å². The first kappa shape index (κ1) is 13.0. The van der Waals surface area contributed by atoms with Crippen LogP contribution in [0.15, 0.2) is 24.3 Å². The Morgan fingerprint density at radius 3 is 2.31 bits per heavy atom. The highest BCUT2D eigenvalue weighted by Gasteiger charge is 2.08. The lowest BCUT2D eigenvalue weighted by Crippen LogP contribution is -2.33. The largest absolute Gasteiger partial charge is 0.489 e. The highest BCUT2D eigenvalue weighted by atomic mass is 16.5. The molecule has 3 nitrogen and oxygen atoms in total. The summed E-state index contributed by atoms with van der Waals surface area (Å²) < 4.78 is 10.7. The molecule has 2 unspecified atom stereocenters. The summed E-state index contributed by atoms with van der Waals surface area (Å²) in [6.07, 6.45) is 0.962. The van der Waals surface area contributed by atoms with Gasteiger partial charge in [-0.05, 0) is 38.0 Å². The van der Waals surface area contributed by atoms with Crippen LogP contribution < -0.4 is 10.5 Å². The molecule has 2 N–H and O–H groups in total. The Hall–Kier alpha value is -1.06. The maximum Gasteiger partial charge on any atom is 0.119 e. The van der Waals surface area contributed by atoms with Gasteiger partial charge in [0.1, 0.15) is 11.9 Å². The second-order valence-electron chi connectivity index (χ2n) is 4.07. The van der Waals surface area contributed by atoms with E-state index in [1.165, 1.54) is 5.56 Å². The van der Waals surface area contributed by atoms with E-state index in [-0.39, 0.29) is 12.1 Å². The molecule has 0 saturated carbocycles. The molecule has 1 aromatic rings.